The van der Waals surface area contributed by atoms with E-state index in [1.807, 2.05) is 53.9 Å². The van der Waals surface area contributed by atoms with Crippen molar-refractivity contribution in [2.24, 2.45) is 0 Å². The second-order valence-electron chi connectivity index (χ2n) is 11.1. The topological polar surface area (TPSA) is 90.2 Å². The van der Waals surface area contributed by atoms with Gasteiger partial charge in [0.15, 0.2) is 0 Å². The normalized spacial score (nSPS) is 10.2. The van der Waals surface area contributed by atoms with Crippen molar-refractivity contribution in [3.05, 3.63) is 112 Å². The first-order chi connectivity index (χ1) is 20.5. The lowest BCUT2D eigenvalue weighted by Gasteiger charge is -2.01. The molecule has 0 aliphatic carbocycles. The second kappa shape index (κ2) is 22.2. The zero-order valence-electron chi connectivity index (χ0n) is 27.4. The van der Waals surface area contributed by atoms with Gasteiger partial charge in [0.2, 0.25) is 0 Å². The summed E-state index contributed by atoms with van der Waals surface area (Å²) in [5.41, 5.74) is 5.73. The molecule has 0 atom stereocenters. The van der Waals surface area contributed by atoms with Crippen molar-refractivity contribution in [3.8, 4) is 0 Å². The molecule has 0 bridgehead atoms. The molecule has 7 nitrogen and oxygen atoms in total. The molecule has 0 saturated carbocycles. The van der Waals surface area contributed by atoms with E-state index >= 15 is 0 Å². The molecule has 0 radical (unpaired) electrons. The van der Waals surface area contributed by atoms with E-state index in [4.69, 9.17) is 0 Å². The Balaban J connectivity index is 0.000000269. The Morgan fingerprint density at radius 2 is 1.21 bits per heavy atom. The van der Waals surface area contributed by atoms with Crippen LogP contribution in [0.2, 0.25) is 0 Å². The lowest BCUT2D eigenvalue weighted by atomic mass is 10.1. The largest absolute Gasteiger partial charge is 0.265 e. The molecule has 5 heterocycles. The summed E-state index contributed by atoms with van der Waals surface area (Å²) in [4.78, 5) is 27.8. The van der Waals surface area contributed by atoms with Gasteiger partial charge in [-0.15, -0.1) is 22.7 Å². The molecule has 0 aliphatic heterocycles. The van der Waals surface area contributed by atoms with Crippen LogP contribution in [0.5, 0.6) is 0 Å². The first-order valence-electron chi connectivity index (χ1n) is 14.7. The number of pyridine rings is 2. The molecule has 5 rings (SSSR count). The molecule has 0 spiro atoms. The summed E-state index contributed by atoms with van der Waals surface area (Å²) in [6, 6.07) is 8.16. The van der Waals surface area contributed by atoms with E-state index in [1.165, 1.54) is 34.5 Å². The van der Waals surface area contributed by atoms with Crippen LogP contribution < -0.4 is 0 Å². The Kier molecular flexibility index (Phi) is 19.4. The lowest BCUT2D eigenvalue weighted by molar-refractivity contribution is 0.759. The maximum atomic E-state index is 4.13. The van der Waals surface area contributed by atoms with Crippen molar-refractivity contribution in [3.63, 3.8) is 0 Å². The molecule has 0 aliphatic rings. The lowest BCUT2D eigenvalue weighted by Crippen LogP contribution is -1.95. The highest BCUT2D eigenvalue weighted by Gasteiger charge is 1.99. The Labute approximate surface area is 267 Å². The molecule has 9 heteroatoms. The minimum absolute atomic E-state index is 0.396. The van der Waals surface area contributed by atoms with E-state index < -0.39 is 0 Å². The molecule has 5 aromatic rings. The summed E-state index contributed by atoms with van der Waals surface area (Å²) >= 11 is 3.38. The minimum atomic E-state index is 0.396. The number of nitrogens with zero attached hydrogens (tertiary/aromatic N) is 7. The van der Waals surface area contributed by atoms with E-state index in [-0.39, 0.29) is 0 Å². The fourth-order valence-corrected chi connectivity index (χ4v) is 4.41. The Bertz CT molecular complexity index is 1140. The molecule has 0 N–H and O–H groups in total. The molecular weight excluding hydrogens is 571 g/mol. The average Bonchev–Trinajstić information content (AvgIpc) is 3.76. The van der Waals surface area contributed by atoms with Gasteiger partial charge in [-0.05, 0) is 47.1 Å². The third-order valence-electron chi connectivity index (χ3n) is 5.74. The third kappa shape index (κ3) is 17.3. The summed E-state index contributed by atoms with van der Waals surface area (Å²) < 4.78 is 0. The monoisotopic (exact) mass is 619 g/mol. The van der Waals surface area contributed by atoms with Gasteiger partial charge in [0.1, 0.15) is 18.5 Å². The zero-order chi connectivity index (χ0) is 32.0. The van der Waals surface area contributed by atoms with E-state index in [0.29, 0.717) is 29.6 Å². The van der Waals surface area contributed by atoms with Gasteiger partial charge in [-0.3, -0.25) is 9.97 Å². The van der Waals surface area contributed by atoms with Crippen molar-refractivity contribution in [1.82, 2.24) is 34.9 Å². The predicted molar refractivity (Wildman–Crippen MR) is 183 cm³/mol. The van der Waals surface area contributed by atoms with Crippen molar-refractivity contribution in [1.29, 1.82) is 0 Å². The van der Waals surface area contributed by atoms with Crippen molar-refractivity contribution in [2.45, 2.75) is 98.8 Å². The molecule has 5 aromatic heterocycles. The van der Waals surface area contributed by atoms with Crippen LogP contribution in [0.4, 0.5) is 0 Å². The van der Waals surface area contributed by atoms with Crippen LogP contribution >= 0.6 is 22.7 Å². The van der Waals surface area contributed by atoms with Gasteiger partial charge >= 0.3 is 0 Å². The first-order valence-corrected chi connectivity index (χ1v) is 16.5. The van der Waals surface area contributed by atoms with Gasteiger partial charge in [0.25, 0.3) is 0 Å². The van der Waals surface area contributed by atoms with Crippen LogP contribution in [0.25, 0.3) is 0 Å². The van der Waals surface area contributed by atoms with E-state index in [0.717, 1.165) is 5.82 Å². The number of hydrogen-bond acceptors (Lipinski definition) is 9. The fraction of sp³-hybridized carbons (Fsp3) is 0.441. The van der Waals surface area contributed by atoms with Crippen LogP contribution in [0.15, 0.2) is 84.2 Å². The van der Waals surface area contributed by atoms with Crippen LogP contribution in [0.1, 0.15) is 126 Å². The van der Waals surface area contributed by atoms with Gasteiger partial charge in [-0.25, -0.2) is 24.9 Å². The average molecular weight is 620 g/mol. The maximum absolute atomic E-state index is 4.13. The molecule has 0 saturated heterocycles. The Morgan fingerprint density at radius 1 is 0.558 bits per heavy atom. The van der Waals surface area contributed by atoms with Gasteiger partial charge in [0.05, 0.1) is 16.2 Å². The number of aromatic nitrogens is 7. The summed E-state index contributed by atoms with van der Waals surface area (Å²) in [5, 5.41) is 5.32. The van der Waals surface area contributed by atoms with Crippen LogP contribution in [-0.4, -0.2) is 34.9 Å². The Morgan fingerprint density at radius 3 is 1.51 bits per heavy atom. The van der Waals surface area contributed by atoms with Crippen molar-refractivity contribution < 1.29 is 0 Å². The number of hydrogen-bond donors (Lipinski definition) is 0. The van der Waals surface area contributed by atoms with E-state index in [2.05, 4.69) is 116 Å². The van der Waals surface area contributed by atoms with Crippen LogP contribution in [-0.2, 0) is 0 Å². The first kappa shape index (κ1) is 37.6. The highest BCUT2D eigenvalue weighted by molar-refractivity contribution is 7.09. The molecule has 0 fully saturated rings. The molecule has 0 amide bonds. The standard InChI is InChI=1S/2C8H11N.C6H9N3.2C6H9NS/c1-7(2)8-3-5-9-6-4-8;1-7(2)8-4-3-5-9-6-8;1-5(2)6-8-3-7-4-9-6;1-5(2)6-3-8-4-7-6;1-5(2)6-7-3-4-8-6/h2*3-7H,1-2H3;3-5H,1-2H3;2*3-5H,1-2H3. The summed E-state index contributed by atoms with van der Waals surface area (Å²) in [7, 11) is 0. The van der Waals surface area contributed by atoms with Gasteiger partial charge in [-0.1, -0.05) is 75.3 Å². The van der Waals surface area contributed by atoms with Gasteiger partial charge in [-0.2, -0.15) is 0 Å². The van der Waals surface area contributed by atoms with Crippen LogP contribution in [0, 0.1) is 0 Å². The third-order valence-corrected chi connectivity index (χ3v) is 7.42. The highest BCUT2D eigenvalue weighted by atomic mass is 32.1. The number of rotatable bonds is 5. The summed E-state index contributed by atoms with van der Waals surface area (Å²) in [5.74, 6) is 3.64. The Hall–Kier alpha value is -3.43. The molecule has 232 valence electrons. The van der Waals surface area contributed by atoms with Crippen LogP contribution in [0.3, 0.4) is 0 Å². The van der Waals surface area contributed by atoms with E-state index in [1.54, 1.807) is 28.9 Å². The predicted octanol–water partition coefficient (Wildman–Crippen LogP) is 9.94. The molecule has 0 aromatic carbocycles. The molecule has 43 heavy (non-hydrogen) atoms. The second-order valence-corrected chi connectivity index (χ2v) is 12.8. The fourth-order valence-electron chi connectivity index (χ4n) is 3.04. The number of thiazole rings is 2. The maximum Gasteiger partial charge on any atom is 0.134 e. The molecular formula is C34H49N7S2. The SMILES string of the molecule is CC(C)c1cccnc1.CC(C)c1ccncc1.CC(C)c1cscn1.CC(C)c1nccs1.CC(C)c1ncncn1. The van der Waals surface area contributed by atoms with Gasteiger partial charge in [0, 0.05) is 53.6 Å². The van der Waals surface area contributed by atoms with Crippen molar-refractivity contribution >= 4 is 22.7 Å². The highest BCUT2D eigenvalue weighted by Crippen LogP contribution is 2.15. The molecule has 0 unspecified atom stereocenters. The van der Waals surface area contributed by atoms with E-state index in [9.17, 15) is 0 Å². The smallest absolute Gasteiger partial charge is 0.134 e. The zero-order valence-corrected chi connectivity index (χ0v) is 29.0. The van der Waals surface area contributed by atoms with Crippen molar-refractivity contribution in [2.75, 3.05) is 0 Å². The minimum Gasteiger partial charge on any atom is -0.265 e. The summed E-state index contributed by atoms with van der Waals surface area (Å²) in [6.07, 6.45) is 12.2. The van der Waals surface area contributed by atoms with Gasteiger partial charge < -0.3 is 0 Å². The summed E-state index contributed by atoms with van der Waals surface area (Å²) in [6.45, 7) is 21.4. The quantitative estimate of drug-likeness (QED) is 0.193.